The average Bonchev–Trinajstić information content (AvgIpc) is 2.26. The van der Waals surface area contributed by atoms with Crippen LogP contribution in [0, 0.1) is 3.57 Å². The van der Waals surface area contributed by atoms with Gasteiger partial charge in [-0.2, -0.15) is 0 Å². The van der Waals surface area contributed by atoms with E-state index in [2.05, 4.69) is 43.8 Å². The molecule has 0 radical (unpaired) electrons. The molecule has 1 aromatic rings. The Balaban J connectivity index is 2.31. The Kier molecular flexibility index (Phi) is 6.38. The molecule has 1 rings (SSSR count). The van der Waals surface area contributed by atoms with Crippen molar-refractivity contribution in [3.63, 3.8) is 0 Å². The SMILES string of the molecule is CC(C)(C)OC(=O)NCCOc1cc(Br)ccc1I. The van der Waals surface area contributed by atoms with Crippen LogP contribution in [0.3, 0.4) is 0 Å². The molecule has 4 nitrogen and oxygen atoms in total. The molecule has 0 unspecified atom stereocenters. The quantitative estimate of drug-likeness (QED) is 0.568. The summed E-state index contributed by atoms with van der Waals surface area (Å²) >= 11 is 5.59. The number of benzene rings is 1. The summed E-state index contributed by atoms with van der Waals surface area (Å²) in [6.45, 7) is 6.27. The number of amides is 1. The lowest BCUT2D eigenvalue weighted by Crippen LogP contribution is -2.34. The van der Waals surface area contributed by atoms with Gasteiger partial charge in [0, 0.05) is 4.47 Å². The maximum absolute atomic E-state index is 11.4. The lowest BCUT2D eigenvalue weighted by Gasteiger charge is -2.19. The van der Waals surface area contributed by atoms with E-state index in [-0.39, 0.29) is 0 Å². The smallest absolute Gasteiger partial charge is 0.407 e. The van der Waals surface area contributed by atoms with Crippen LogP contribution in [0.15, 0.2) is 22.7 Å². The molecule has 0 spiro atoms. The van der Waals surface area contributed by atoms with Crippen molar-refractivity contribution in [2.45, 2.75) is 26.4 Å². The largest absolute Gasteiger partial charge is 0.491 e. The Morgan fingerprint density at radius 2 is 2.11 bits per heavy atom. The molecular weight excluding hydrogens is 425 g/mol. The summed E-state index contributed by atoms with van der Waals surface area (Å²) in [5, 5.41) is 2.64. The standard InChI is InChI=1S/C13H17BrINO3/c1-13(2,3)19-12(17)16-6-7-18-11-8-9(14)4-5-10(11)15/h4-5,8H,6-7H2,1-3H3,(H,16,17). The Hall–Kier alpha value is -0.500. The highest BCUT2D eigenvalue weighted by atomic mass is 127. The van der Waals surface area contributed by atoms with Crippen molar-refractivity contribution in [2.75, 3.05) is 13.2 Å². The van der Waals surface area contributed by atoms with Crippen molar-refractivity contribution >= 4 is 44.6 Å². The predicted octanol–water partition coefficient (Wildman–Crippen LogP) is 3.96. The summed E-state index contributed by atoms with van der Waals surface area (Å²) in [6, 6.07) is 5.81. The van der Waals surface area contributed by atoms with Gasteiger partial charge in [0.05, 0.1) is 10.1 Å². The third kappa shape index (κ3) is 7.00. The highest BCUT2D eigenvalue weighted by molar-refractivity contribution is 14.1. The number of carbonyl (C=O) groups excluding carboxylic acids is 1. The number of hydrogen-bond donors (Lipinski definition) is 1. The van der Waals surface area contributed by atoms with Gasteiger partial charge in [0.25, 0.3) is 0 Å². The Morgan fingerprint density at radius 1 is 1.42 bits per heavy atom. The van der Waals surface area contributed by atoms with E-state index in [9.17, 15) is 4.79 Å². The molecule has 6 heteroatoms. The maximum Gasteiger partial charge on any atom is 0.407 e. The summed E-state index contributed by atoms with van der Waals surface area (Å²) in [6.07, 6.45) is -0.431. The van der Waals surface area contributed by atoms with Crippen LogP contribution in [0.5, 0.6) is 5.75 Å². The van der Waals surface area contributed by atoms with Crippen molar-refractivity contribution in [1.29, 1.82) is 0 Å². The van der Waals surface area contributed by atoms with Gasteiger partial charge in [-0.25, -0.2) is 4.79 Å². The third-order valence-electron chi connectivity index (χ3n) is 1.92. The van der Waals surface area contributed by atoms with E-state index in [1.807, 2.05) is 39.0 Å². The van der Waals surface area contributed by atoms with Crippen molar-refractivity contribution in [3.05, 3.63) is 26.2 Å². The minimum atomic E-state index is -0.482. The van der Waals surface area contributed by atoms with E-state index in [1.165, 1.54) is 0 Å². The zero-order valence-electron chi connectivity index (χ0n) is 11.1. The summed E-state index contributed by atoms with van der Waals surface area (Å²) in [5.74, 6) is 0.793. The lowest BCUT2D eigenvalue weighted by atomic mass is 10.2. The van der Waals surface area contributed by atoms with Gasteiger partial charge in [-0.05, 0) is 61.6 Å². The molecule has 19 heavy (non-hydrogen) atoms. The Morgan fingerprint density at radius 3 is 2.74 bits per heavy atom. The summed E-state index contributed by atoms with van der Waals surface area (Å²) in [4.78, 5) is 11.4. The number of ether oxygens (including phenoxy) is 2. The van der Waals surface area contributed by atoms with Crippen molar-refractivity contribution in [2.24, 2.45) is 0 Å². The molecule has 0 aliphatic rings. The van der Waals surface area contributed by atoms with Gasteiger partial charge in [0.15, 0.2) is 0 Å². The van der Waals surface area contributed by atoms with Crippen LogP contribution in [0.1, 0.15) is 20.8 Å². The molecule has 0 heterocycles. The minimum Gasteiger partial charge on any atom is -0.491 e. The highest BCUT2D eigenvalue weighted by Crippen LogP contribution is 2.24. The van der Waals surface area contributed by atoms with Crippen LogP contribution in [0.25, 0.3) is 0 Å². The van der Waals surface area contributed by atoms with Gasteiger partial charge in [-0.3, -0.25) is 0 Å². The predicted molar refractivity (Wildman–Crippen MR) is 86.6 cm³/mol. The molecule has 106 valence electrons. The first-order valence-electron chi connectivity index (χ1n) is 5.82. The fraction of sp³-hybridized carbons (Fsp3) is 0.462. The van der Waals surface area contributed by atoms with Crippen LogP contribution in [0.2, 0.25) is 0 Å². The first-order chi connectivity index (χ1) is 8.78. The molecule has 0 saturated heterocycles. The van der Waals surface area contributed by atoms with Crippen molar-refractivity contribution in [1.82, 2.24) is 5.32 Å². The molecular formula is C13H17BrINO3. The molecule has 0 atom stereocenters. The summed E-state index contributed by atoms with van der Waals surface area (Å²) < 4.78 is 12.7. The number of halogens is 2. The second-order valence-corrected chi connectivity index (χ2v) is 6.93. The summed E-state index contributed by atoms with van der Waals surface area (Å²) in [5.41, 5.74) is -0.482. The zero-order valence-corrected chi connectivity index (χ0v) is 14.9. The van der Waals surface area contributed by atoms with Gasteiger partial charge >= 0.3 is 6.09 Å². The van der Waals surface area contributed by atoms with Crippen LogP contribution in [-0.4, -0.2) is 24.8 Å². The van der Waals surface area contributed by atoms with E-state index in [4.69, 9.17) is 9.47 Å². The number of alkyl carbamates (subject to hydrolysis) is 1. The van der Waals surface area contributed by atoms with E-state index in [0.717, 1.165) is 13.8 Å². The number of hydrogen-bond acceptors (Lipinski definition) is 3. The average molecular weight is 442 g/mol. The molecule has 1 amide bonds. The molecule has 0 fully saturated rings. The fourth-order valence-corrected chi connectivity index (χ4v) is 2.05. The van der Waals surface area contributed by atoms with Crippen LogP contribution in [-0.2, 0) is 4.74 Å². The lowest BCUT2D eigenvalue weighted by molar-refractivity contribution is 0.0520. The number of carbonyl (C=O) groups is 1. The Labute approximate surface area is 135 Å². The first-order valence-corrected chi connectivity index (χ1v) is 7.70. The molecule has 0 saturated carbocycles. The van der Waals surface area contributed by atoms with Gasteiger partial charge in [-0.1, -0.05) is 15.9 Å². The number of rotatable bonds is 4. The number of nitrogens with one attached hydrogen (secondary N) is 1. The van der Waals surface area contributed by atoms with Gasteiger partial charge in [0.2, 0.25) is 0 Å². The van der Waals surface area contributed by atoms with Crippen molar-refractivity contribution < 1.29 is 14.3 Å². The van der Waals surface area contributed by atoms with E-state index in [1.54, 1.807) is 0 Å². The van der Waals surface area contributed by atoms with E-state index >= 15 is 0 Å². The normalized spacial score (nSPS) is 11.0. The van der Waals surface area contributed by atoms with Crippen LogP contribution >= 0.6 is 38.5 Å². The molecule has 1 N–H and O–H groups in total. The van der Waals surface area contributed by atoms with Crippen LogP contribution in [0.4, 0.5) is 4.79 Å². The van der Waals surface area contributed by atoms with E-state index in [0.29, 0.717) is 13.2 Å². The fourth-order valence-electron chi connectivity index (χ4n) is 1.22. The molecule has 0 bridgehead atoms. The second kappa shape index (κ2) is 7.33. The monoisotopic (exact) mass is 441 g/mol. The first kappa shape index (κ1) is 16.6. The second-order valence-electron chi connectivity index (χ2n) is 4.85. The molecule has 0 aliphatic heterocycles. The minimum absolute atomic E-state index is 0.395. The topological polar surface area (TPSA) is 47.6 Å². The molecule has 1 aromatic carbocycles. The van der Waals surface area contributed by atoms with Gasteiger partial charge in [-0.15, -0.1) is 0 Å². The third-order valence-corrected chi connectivity index (χ3v) is 3.31. The summed E-state index contributed by atoms with van der Waals surface area (Å²) in [7, 11) is 0. The zero-order chi connectivity index (χ0) is 14.5. The maximum atomic E-state index is 11.4. The van der Waals surface area contributed by atoms with Crippen molar-refractivity contribution in [3.8, 4) is 5.75 Å². The molecule has 0 aromatic heterocycles. The highest BCUT2D eigenvalue weighted by Gasteiger charge is 2.15. The van der Waals surface area contributed by atoms with Crippen LogP contribution < -0.4 is 10.1 Å². The molecule has 0 aliphatic carbocycles. The van der Waals surface area contributed by atoms with E-state index < -0.39 is 11.7 Å². The van der Waals surface area contributed by atoms with Gasteiger partial charge < -0.3 is 14.8 Å². The Bertz CT molecular complexity index is 446. The van der Waals surface area contributed by atoms with Gasteiger partial charge in [0.1, 0.15) is 18.0 Å².